The van der Waals surface area contributed by atoms with Crippen LogP contribution in [0.5, 0.6) is 5.75 Å². The topological polar surface area (TPSA) is 35.2 Å². The Morgan fingerprint density at radius 1 is 1.22 bits per heavy atom. The quantitative estimate of drug-likeness (QED) is 0.775. The Morgan fingerprint density at radius 3 is 2.57 bits per heavy atom. The molecule has 0 fully saturated rings. The van der Waals surface area contributed by atoms with E-state index in [0.29, 0.717) is 33.5 Å². The summed E-state index contributed by atoms with van der Waals surface area (Å²) in [4.78, 5) is 0. The van der Waals surface area contributed by atoms with Crippen molar-refractivity contribution in [2.24, 2.45) is 5.73 Å². The largest absolute Gasteiger partial charge is 0.488 e. The van der Waals surface area contributed by atoms with Gasteiger partial charge in [-0.25, -0.2) is 4.39 Å². The maximum atomic E-state index is 14.0. The van der Waals surface area contributed by atoms with Crippen molar-refractivity contribution in [2.45, 2.75) is 25.4 Å². The minimum Gasteiger partial charge on any atom is -0.488 e. The fourth-order valence-corrected chi connectivity index (χ4v) is 3.43. The lowest BCUT2D eigenvalue weighted by atomic mass is 9.98. The average Bonchev–Trinajstić information content (AvgIpc) is 2.68. The monoisotopic (exact) mass is 375 g/mol. The van der Waals surface area contributed by atoms with Gasteiger partial charge in [0, 0.05) is 17.7 Å². The van der Waals surface area contributed by atoms with Crippen molar-refractivity contribution in [2.75, 3.05) is 6.54 Å². The molecule has 0 saturated heterocycles. The molecule has 124 valence electrons. The molecule has 6 heteroatoms. The summed E-state index contributed by atoms with van der Waals surface area (Å²) >= 11 is 12.6. The van der Waals surface area contributed by atoms with Crippen LogP contribution < -0.4 is 10.5 Å². The van der Waals surface area contributed by atoms with Crippen molar-refractivity contribution in [1.29, 1.82) is 0 Å². The third-order valence-electron chi connectivity index (χ3n) is 3.88. The van der Waals surface area contributed by atoms with E-state index >= 15 is 0 Å². The van der Waals surface area contributed by atoms with Gasteiger partial charge in [0.1, 0.15) is 17.7 Å². The molecule has 0 spiro atoms. The van der Waals surface area contributed by atoms with E-state index in [1.807, 2.05) is 0 Å². The lowest BCUT2D eigenvalue weighted by Crippen LogP contribution is -2.26. The standard InChI is InChI=1S/C17H16Cl2FNO.ClH/c18-14-5-2-6-15(19)16(14)13-8-11(20)7-10-3-1-4-12(9-21)22-17(10)13;/h2,5-8,12H,1,3-4,9,21H2;1H/t12-;/m1./s1. The molecule has 2 N–H and O–H groups in total. The first-order valence-electron chi connectivity index (χ1n) is 7.23. The summed E-state index contributed by atoms with van der Waals surface area (Å²) in [5.74, 6) is 0.323. The van der Waals surface area contributed by atoms with Crippen LogP contribution >= 0.6 is 35.6 Å². The van der Waals surface area contributed by atoms with Gasteiger partial charge in [-0.15, -0.1) is 12.4 Å². The molecule has 0 saturated carbocycles. The number of hydrogen-bond donors (Lipinski definition) is 1. The molecule has 23 heavy (non-hydrogen) atoms. The van der Waals surface area contributed by atoms with E-state index in [1.165, 1.54) is 12.1 Å². The molecular formula is C17H17Cl3FNO. The predicted octanol–water partition coefficient (Wildman–Crippen LogP) is 5.26. The van der Waals surface area contributed by atoms with Crippen LogP contribution in [-0.4, -0.2) is 12.6 Å². The highest BCUT2D eigenvalue weighted by molar-refractivity contribution is 6.39. The molecule has 2 aromatic carbocycles. The molecule has 0 radical (unpaired) electrons. The van der Waals surface area contributed by atoms with Gasteiger partial charge in [-0.1, -0.05) is 29.3 Å². The molecule has 1 aliphatic rings. The third-order valence-corrected chi connectivity index (χ3v) is 4.51. The van der Waals surface area contributed by atoms with E-state index in [1.54, 1.807) is 18.2 Å². The van der Waals surface area contributed by atoms with Crippen LogP contribution in [0.2, 0.25) is 10.0 Å². The zero-order chi connectivity index (χ0) is 15.7. The number of fused-ring (bicyclic) bond motifs is 1. The molecule has 0 aliphatic carbocycles. The Kier molecular flexibility index (Phi) is 6.15. The molecule has 3 rings (SSSR count). The fourth-order valence-electron chi connectivity index (χ4n) is 2.83. The smallest absolute Gasteiger partial charge is 0.131 e. The van der Waals surface area contributed by atoms with E-state index in [9.17, 15) is 4.39 Å². The molecule has 2 aromatic rings. The van der Waals surface area contributed by atoms with Crippen LogP contribution in [0.3, 0.4) is 0 Å². The number of nitrogens with two attached hydrogens (primary N) is 1. The summed E-state index contributed by atoms with van der Waals surface area (Å²) in [7, 11) is 0. The van der Waals surface area contributed by atoms with E-state index < -0.39 is 0 Å². The number of rotatable bonds is 2. The minimum absolute atomic E-state index is 0. The van der Waals surface area contributed by atoms with Crippen molar-refractivity contribution in [1.82, 2.24) is 0 Å². The summed E-state index contributed by atoms with van der Waals surface area (Å²) in [6.45, 7) is 0.423. The highest BCUT2D eigenvalue weighted by Crippen LogP contribution is 2.43. The second-order valence-electron chi connectivity index (χ2n) is 5.41. The van der Waals surface area contributed by atoms with E-state index in [-0.39, 0.29) is 24.3 Å². The van der Waals surface area contributed by atoms with Crippen LogP contribution in [0.25, 0.3) is 11.1 Å². The average molecular weight is 377 g/mol. The Bertz CT molecular complexity index is 688. The van der Waals surface area contributed by atoms with Gasteiger partial charge in [-0.3, -0.25) is 0 Å². The van der Waals surface area contributed by atoms with Crippen LogP contribution in [0.4, 0.5) is 4.39 Å². The van der Waals surface area contributed by atoms with E-state index in [0.717, 1.165) is 24.8 Å². The van der Waals surface area contributed by atoms with Crippen molar-refractivity contribution in [3.05, 3.63) is 51.8 Å². The second-order valence-corrected chi connectivity index (χ2v) is 6.22. The first kappa shape index (κ1) is 18.3. The van der Waals surface area contributed by atoms with Crippen molar-refractivity contribution >= 4 is 35.6 Å². The van der Waals surface area contributed by atoms with E-state index in [4.69, 9.17) is 33.7 Å². The SMILES string of the molecule is Cl.NC[C@H]1CCCc2cc(F)cc(-c3c(Cl)cccc3Cl)c2O1. The van der Waals surface area contributed by atoms with Crippen LogP contribution in [0, 0.1) is 5.82 Å². The number of halogens is 4. The molecule has 1 heterocycles. The zero-order valence-corrected chi connectivity index (χ0v) is 14.6. The lowest BCUT2D eigenvalue weighted by Gasteiger charge is -2.20. The number of aryl methyl sites for hydroxylation is 1. The molecule has 0 aromatic heterocycles. The second kappa shape index (κ2) is 7.71. The van der Waals surface area contributed by atoms with Gasteiger partial charge in [-0.2, -0.15) is 0 Å². The van der Waals surface area contributed by atoms with Gasteiger partial charge in [0.2, 0.25) is 0 Å². The summed E-state index contributed by atoms with van der Waals surface area (Å²) in [6.07, 6.45) is 2.43. The van der Waals surface area contributed by atoms with Gasteiger partial charge >= 0.3 is 0 Å². The Hall–Kier alpha value is -1.00. The maximum absolute atomic E-state index is 14.0. The van der Waals surface area contributed by atoms with Crippen molar-refractivity contribution in [3.8, 4) is 16.9 Å². The third kappa shape index (κ3) is 3.74. The van der Waals surface area contributed by atoms with Gasteiger partial charge in [0.15, 0.2) is 0 Å². The van der Waals surface area contributed by atoms with Gasteiger partial charge in [-0.05, 0) is 49.1 Å². The molecule has 0 bridgehead atoms. The normalized spacial score (nSPS) is 16.8. The van der Waals surface area contributed by atoms with Crippen LogP contribution in [0.1, 0.15) is 18.4 Å². The van der Waals surface area contributed by atoms with Gasteiger partial charge < -0.3 is 10.5 Å². The highest BCUT2D eigenvalue weighted by Gasteiger charge is 2.23. The number of benzene rings is 2. The summed E-state index contributed by atoms with van der Waals surface area (Å²) in [5, 5.41) is 0.940. The summed E-state index contributed by atoms with van der Waals surface area (Å²) in [5.41, 5.74) is 7.78. The molecule has 1 atom stereocenters. The lowest BCUT2D eigenvalue weighted by molar-refractivity contribution is 0.204. The first-order chi connectivity index (χ1) is 10.6. The number of ether oxygens (including phenoxy) is 1. The molecule has 2 nitrogen and oxygen atoms in total. The summed E-state index contributed by atoms with van der Waals surface area (Å²) in [6, 6.07) is 8.16. The molecule has 0 amide bonds. The Labute approximate surface area is 151 Å². The van der Waals surface area contributed by atoms with Gasteiger partial charge in [0.25, 0.3) is 0 Å². The fraction of sp³-hybridized carbons (Fsp3) is 0.294. The zero-order valence-electron chi connectivity index (χ0n) is 12.3. The predicted molar refractivity (Wildman–Crippen MR) is 95.5 cm³/mol. The Balaban J connectivity index is 0.00000192. The summed E-state index contributed by atoms with van der Waals surface area (Å²) < 4.78 is 20.1. The first-order valence-corrected chi connectivity index (χ1v) is 7.99. The highest BCUT2D eigenvalue weighted by atomic mass is 35.5. The maximum Gasteiger partial charge on any atom is 0.131 e. The molecule has 0 unspecified atom stereocenters. The van der Waals surface area contributed by atoms with Crippen molar-refractivity contribution in [3.63, 3.8) is 0 Å². The van der Waals surface area contributed by atoms with Crippen molar-refractivity contribution < 1.29 is 9.13 Å². The minimum atomic E-state index is -0.320. The van der Waals surface area contributed by atoms with Crippen LogP contribution in [-0.2, 0) is 6.42 Å². The number of hydrogen-bond acceptors (Lipinski definition) is 2. The molecular weight excluding hydrogens is 360 g/mol. The molecule has 1 aliphatic heterocycles. The van der Waals surface area contributed by atoms with E-state index in [2.05, 4.69) is 0 Å². The van der Waals surface area contributed by atoms with Crippen LogP contribution in [0.15, 0.2) is 30.3 Å². The Morgan fingerprint density at radius 2 is 1.91 bits per heavy atom. The van der Waals surface area contributed by atoms with Gasteiger partial charge in [0.05, 0.1) is 10.0 Å².